The van der Waals surface area contributed by atoms with Gasteiger partial charge in [-0.1, -0.05) is 44.2 Å². The van der Waals surface area contributed by atoms with Crippen molar-refractivity contribution >= 4 is 21.7 Å². The summed E-state index contributed by atoms with van der Waals surface area (Å²) in [6.07, 6.45) is 0.252. The van der Waals surface area contributed by atoms with Crippen LogP contribution in [0.3, 0.4) is 0 Å². The molecule has 2 aliphatic heterocycles. The zero-order valence-electron chi connectivity index (χ0n) is 14.6. The molecule has 0 N–H and O–H groups in total. The molecule has 6 nitrogen and oxygen atoms in total. The first-order chi connectivity index (χ1) is 11.8. The zero-order valence-corrected chi connectivity index (χ0v) is 15.4. The number of nitrogens with zero attached hydrogens (tertiary/aromatic N) is 2. The summed E-state index contributed by atoms with van der Waals surface area (Å²) >= 11 is 0. The van der Waals surface area contributed by atoms with Crippen LogP contribution in [0.1, 0.15) is 19.4 Å². The Balaban J connectivity index is 1.81. The minimum absolute atomic E-state index is 0.0396. The lowest BCUT2D eigenvalue weighted by Crippen LogP contribution is -2.62. The van der Waals surface area contributed by atoms with Crippen LogP contribution in [0.15, 0.2) is 30.3 Å². The van der Waals surface area contributed by atoms with Crippen LogP contribution in [0, 0.1) is 5.92 Å². The molecule has 1 aromatic carbocycles. The molecule has 136 valence electrons. The summed E-state index contributed by atoms with van der Waals surface area (Å²) in [5.74, 6) is -0.404. The highest BCUT2D eigenvalue weighted by atomic mass is 32.2. The Hall–Kier alpha value is -1.89. The first kappa shape index (κ1) is 17.9. The van der Waals surface area contributed by atoms with Crippen molar-refractivity contribution in [3.63, 3.8) is 0 Å². The molecule has 0 spiro atoms. The molecular weight excluding hydrogens is 340 g/mol. The number of benzene rings is 1. The molecule has 0 unspecified atom stereocenters. The smallest absolute Gasteiger partial charge is 0.227 e. The molecule has 0 aliphatic carbocycles. The lowest BCUT2D eigenvalue weighted by Gasteiger charge is -2.44. The minimum Gasteiger partial charge on any atom is -0.335 e. The van der Waals surface area contributed by atoms with Gasteiger partial charge in [0.25, 0.3) is 0 Å². The van der Waals surface area contributed by atoms with Crippen molar-refractivity contribution in [3.05, 3.63) is 35.9 Å². The Morgan fingerprint density at radius 3 is 2.20 bits per heavy atom. The van der Waals surface area contributed by atoms with Crippen molar-refractivity contribution in [1.29, 1.82) is 0 Å². The van der Waals surface area contributed by atoms with Crippen LogP contribution in [-0.4, -0.2) is 66.7 Å². The summed E-state index contributed by atoms with van der Waals surface area (Å²) < 4.78 is 24.4. The second-order valence-electron chi connectivity index (χ2n) is 7.15. The van der Waals surface area contributed by atoms with Crippen LogP contribution in [0.2, 0.25) is 0 Å². The third kappa shape index (κ3) is 3.71. The maximum absolute atomic E-state index is 12.8. The van der Waals surface area contributed by atoms with Crippen LogP contribution in [0.5, 0.6) is 0 Å². The van der Waals surface area contributed by atoms with Gasteiger partial charge in [-0.15, -0.1) is 0 Å². The van der Waals surface area contributed by atoms with E-state index >= 15 is 0 Å². The molecule has 1 aromatic rings. The van der Waals surface area contributed by atoms with Gasteiger partial charge in [0.2, 0.25) is 11.8 Å². The minimum atomic E-state index is -3.25. The third-order valence-corrected chi connectivity index (χ3v) is 6.67. The van der Waals surface area contributed by atoms with Gasteiger partial charge in [-0.25, -0.2) is 8.42 Å². The van der Waals surface area contributed by atoms with Gasteiger partial charge in [-0.2, -0.15) is 0 Å². The van der Waals surface area contributed by atoms with Crippen LogP contribution >= 0.6 is 0 Å². The van der Waals surface area contributed by atoms with Crippen molar-refractivity contribution in [2.75, 3.05) is 24.6 Å². The Morgan fingerprint density at radius 1 is 1.04 bits per heavy atom. The largest absolute Gasteiger partial charge is 0.335 e. The van der Waals surface area contributed by atoms with E-state index in [4.69, 9.17) is 0 Å². The van der Waals surface area contributed by atoms with Crippen LogP contribution < -0.4 is 0 Å². The van der Waals surface area contributed by atoms with E-state index in [1.54, 1.807) is 9.80 Å². The Bertz CT molecular complexity index is 761. The molecule has 2 atom stereocenters. The van der Waals surface area contributed by atoms with E-state index in [1.807, 2.05) is 44.2 Å². The van der Waals surface area contributed by atoms with E-state index in [0.29, 0.717) is 13.1 Å². The molecule has 2 saturated heterocycles. The molecule has 25 heavy (non-hydrogen) atoms. The quantitative estimate of drug-likeness (QED) is 0.792. The Kier molecular flexibility index (Phi) is 4.86. The van der Waals surface area contributed by atoms with Gasteiger partial charge in [-0.3, -0.25) is 9.59 Å². The molecule has 2 amide bonds. The summed E-state index contributed by atoms with van der Waals surface area (Å²) in [4.78, 5) is 28.6. The standard InChI is InChI=1S/C18H24N2O4S/c1-13(2)18(22)20-9-8-19(15-11-25(23,24)12-16(15)20)17(21)10-14-6-4-3-5-7-14/h3-7,13,15-16H,8-12H2,1-2H3/t15-,16+/m0/s1. The van der Waals surface area contributed by atoms with Gasteiger partial charge in [0.05, 0.1) is 30.0 Å². The van der Waals surface area contributed by atoms with E-state index in [9.17, 15) is 18.0 Å². The average molecular weight is 364 g/mol. The van der Waals surface area contributed by atoms with Crippen molar-refractivity contribution in [2.24, 2.45) is 5.92 Å². The Labute approximate surface area is 148 Å². The predicted molar refractivity (Wildman–Crippen MR) is 94.6 cm³/mol. The van der Waals surface area contributed by atoms with Crippen LogP contribution in [0.4, 0.5) is 0 Å². The van der Waals surface area contributed by atoms with Crippen LogP contribution in [-0.2, 0) is 25.8 Å². The lowest BCUT2D eigenvalue weighted by molar-refractivity contribution is -0.147. The normalized spacial score (nSPS) is 25.1. The van der Waals surface area contributed by atoms with Gasteiger partial charge >= 0.3 is 0 Å². The number of carbonyl (C=O) groups excluding carboxylic acids is 2. The number of hydrogen-bond acceptors (Lipinski definition) is 4. The number of hydrogen-bond donors (Lipinski definition) is 0. The molecule has 2 aliphatic rings. The number of fused-ring (bicyclic) bond motifs is 1. The summed E-state index contributed by atoms with van der Waals surface area (Å²) in [7, 11) is -3.25. The molecule has 2 heterocycles. The van der Waals surface area contributed by atoms with E-state index in [0.717, 1.165) is 5.56 Å². The summed E-state index contributed by atoms with van der Waals surface area (Å²) in [6, 6.07) is 8.57. The average Bonchev–Trinajstić information content (AvgIpc) is 2.88. The van der Waals surface area contributed by atoms with Gasteiger partial charge in [0.1, 0.15) is 0 Å². The predicted octanol–water partition coefficient (Wildman–Crippen LogP) is 0.722. The van der Waals surface area contributed by atoms with Gasteiger partial charge in [-0.05, 0) is 5.56 Å². The fourth-order valence-corrected chi connectivity index (χ4v) is 5.72. The van der Waals surface area contributed by atoms with Crippen LogP contribution in [0.25, 0.3) is 0 Å². The van der Waals surface area contributed by atoms with Gasteiger partial charge < -0.3 is 9.80 Å². The molecule has 0 saturated carbocycles. The molecule has 3 rings (SSSR count). The van der Waals surface area contributed by atoms with E-state index < -0.39 is 21.9 Å². The van der Waals surface area contributed by atoms with Gasteiger partial charge in [0, 0.05) is 19.0 Å². The van der Waals surface area contributed by atoms with Crippen molar-refractivity contribution in [3.8, 4) is 0 Å². The van der Waals surface area contributed by atoms with Crippen molar-refractivity contribution in [1.82, 2.24) is 9.80 Å². The van der Waals surface area contributed by atoms with E-state index in [-0.39, 0.29) is 35.7 Å². The topological polar surface area (TPSA) is 74.8 Å². The molecule has 7 heteroatoms. The Morgan fingerprint density at radius 2 is 1.60 bits per heavy atom. The van der Waals surface area contributed by atoms with E-state index in [1.165, 1.54) is 0 Å². The molecule has 0 bridgehead atoms. The number of rotatable bonds is 3. The number of carbonyl (C=O) groups is 2. The molecular formula is C18H24N2O4S. The van der Waals surface area contributed by atoms with Gasteiger partial charge in [0.15, 0.2) is 9.84 Å². The first-order valence-corrected chi connectivity index (χ1v) is 10.4. The van der Waals surface area contributed by atoms with E-state index in [2.05, 4.69) is 0 Å². The second-order valence-corrected chi connectivity index (χ2v) is 9.30. The molecule has 0 radical (unpaired) electrons. The second kappa shape index (κ2) is 6.78. The summed E-state index contributed by atoms with van der Waals surface area (Å²) in [6.45, 7) is 4.41. The highest BCUT2D eigenvalue weighted by Crippen LogP contribution is 2.28. The number of piperazine rings is 1. The lowest BCUT2D eigenvalue weighted by atomic mass is 10.0. The number of amides is 2. The summed E-state index contributed by atoms with van der Waals surface area (Å²) in [5, 5.41) is 0. The fraction of sp³-hybridized carbons (Fsp3) is 0.556. The monoisotopic (exact) mass is 364 g/mol. The SMILES string of the molecule is CC(C)C(=O)N1CCN(C(=O)Cc2ccccc2)[C@H]2CS(=O)(=O)C[C@H]21. The zero-order chi connectivity index (χ0) is 18.2. The highest BCUT2D eigenvalue weighted by Gasteiger charge is 2.49. The maximum Gasteiger partial charge on any atom is 0.227 e. The fourth-order valence-electron chi connectivity index (χ4n) is 3.74. The molecule has 0 aromatic heterocycles. The highest BCUT2D eigenvalue weighted by molar-refractivity contribution is 7.91. The molecule has 2 fully saturated rings. The first-order valence-electron chi connectivity index (χ1n) is 8.63. The number of sulfone groups is 1. The maximum atomic E-state index is 12.8. The van der Waals surface area contributed by atoms with Crippen molar-refractivity contribution < 1.29 is 18.0 Å². The van der Waals surface area contributed by atoms with Crippen molar-refractivity contribution in [2.45, 2.75) is 32.4 Å². The third-order valence-electron chi connectivity index (χ3n) is 4.97. The summed E-state index contributed by atoms with van der Waals surface area (Å²) in [5.41, 5.74) is 0.908.